The van der Waals surface area contributed by atoms with E-state index in [1.807, 2.05) is 18.2 Å². The van der Waals surface area contributed by atoms with Gasteiger partial charge in [0.15, 0.2) is 11.3 Å². The van der Waals surface area contributed by atoms with Crippen LogP contribution in [0.4, 0.5) is 5.69 Å². The molecule has 4 rings (SSSR count). The van der Waals surface area contributed by atoms with Crippen LogP contribution in [0.1, 0.15) is 23.3 Å². The van der Waals surface area contributed by atoms with Crippen LogP contribution in [0.25, 0.3) is 22.2 Å². The zero-order valence-corrected chi connectivity index (χ0v) is 13.4. The van der Waals surface area contributed by atoms with Crippen molar-refractivity contribution in [1.29, 1.82) is 0 Å². The van der Waals surface area contributed by atoms with Gasteiger partial charge in [-0.05, 0) is 42.2 Å². The van der Waals surface area contributed by atoms with E-state index in [9.17, 15) is 9.90 Å². The molecule has 0 bridgehead atoms. The van der Waals surface area contributed by atoms with Crippen molar-refractivity contribution in [2.45, 2.75) is 12.8 Å². The van der Waals surface area contributed by atoms with Crippen LogP contribution in [0.15, 0.2) is 36.5 Å². The maximum absolute atomic E-state index is 11.5. The van der Waals surface area contributed by atoms with E-state index < -0.39 is 5.97 Å². The van der Waals surface area contributed by atoms with Gasteiger partial charge in [-0.3, -0.25) is 0 Å². The van der Waals surface area contributed by atoms with Gasteiger partial charge in [-0.25, -0.2) is 14.5 Å². The van der Waals surface area contributed by atoms with Crippen molar-refractivity contribution < 1.29 is 9.90 Å². The summed E-state index contributed by atoms with van der Waals surface area (Å²) in [5.41, 5.74) is 3.65. The number of pyridine rings is 1. The van der Waals surface area contributed by atoms with Gasteiger partial charge in [-0.2, -0.15) is 5.10 Å². The fourth-order valence-corrected chi connectivity index (χ4v) is 3.39. The highest BCUT2D eigenvalue weighted by Crippen LogP contribution is 2.31. The maximum Gasteiger partial charge on any atom is 0.357 e. The fourth-order valence-electron chi connectivity index (χ4n) is 3.39. The van der Waals surface area contributed by atoms with E-state index in [2.05, 4.69) is 27.1 Å². The summed E-state index contributed by atoms with van der Waals surface area (Å²) in [6.07, 6.45) is 4.17. The molecule has 0 aliphatic carbocycles. The monoisotopic (exact) mass is 322 g/mol. The molecule has 1 N–H and O–H groups in total. The second-order valence-electron chi connectivity index (χ2n) is 6.08. The lowest BCUT2D eigenvalue weighted by Gasteiger charge is -2.17. The molecule has 0 atom stereocenters. The Morgan fingerprint density at radius 3 is 2.50 bits per heavy atom. The summed E-state index contributed by atoms with van der Waals surface area (Å²) < 4.78 is 1.51. The molecule has 24 heavy (non-hydrogen) atoms. The Kier molecular flexibility index (Phi) is 3.45. The van der Waals surface area contributed by atoms with Gasteiger partial charge in [-0.1, -0.05) is 12.1 Å². The van der Waals surface area contributed by atoms with Gasteiger partial charge in [0.05, 0.1) is 5.39 Å². The number of carboxylic acid groups (broad SMARTS) is 1. The van der Waals surface area contributed by atoms with Crippen LogP contribution in [0.3, 0.4) is 0 Å². The lowest BCUT2D eigenvalue weighted by atomic mass is 10.0. The number of carboxylic acids is 1. The number of aryl methyl sites for hydroxylation is 1. The first-order chi connectivity index (χ1) is 11.6. The molecule has 6 heteroatoms. The van der Waals surface area contributed by atoms with Crippen LogP contribution in [0.2, 0.25) is 0 Å². The molecule has 0 amide bonds. The number of anilines is 1. The molecular formula is C18H18N4O2. The molecular weight excluding hydrogens is 304 g/mol. The highest BCUT2D eigenvalue weighted by atomic mass is 16.4. The summed E-state index contributed by atoms with van der Waals surface area (Å²) in [4.78, 5) is 18.2. The topological polar surface area (TPSA) is 71.2 Å². The first-order valence-corrected chi connectivity index (χ1v) is 8.05. The lowest BCUT2D eigenvalue weighted by Crippen LogP contribution is -2.17. The van der Waals surface area contributed by atoms with Crippen molar-refractivity contribution in [3.8, 4) is 11.1 Å². The molecule has 1 saturated heterocycles. The minimum atomic E-state index is -1.04. The Morgan fingerprint density at radius 2 is 1.83 bits per heavy atom. The van der Waals surface area contributed by atoms with Gasteiger partial charge in [0.1, 0.15) is 0 Å². The van der Waals surface area contributed by atoms with Crippen LogP contribution >= 0.6 is 0 Å². The number of fused-ring (bicyclic) bond motifs is 1. The van der Waals surface area contributed by atoms with E-state index in [1.54, 1.807) is 13.2 Å². The zero-order valence-electron chi connectivity index (χ0n) is 13.4. The summed E-state index contributed by atoms with van der Waals surface area (Å²) in [5.74, 6) is -1.04. The molecule has 3 heterocycles. The van der Waals surface area contributed by atoms with Crippen LogP contribution < -0.4 is 4.90 Å². The van der Waals surface area contributed by atoms with E-state index in [-0.39, 0.29) is 5.69 Å². The van der Waals surface area contributed by atoms with Crippen molar-refractivity contribution in [2.75, 3.05) is 18.0 Å². The predicted octanol–water partition coefficient (Wildman–Crippen LogP) is 2.93. The molecule has 6 nitrogen and oxygen atoms in total. The van der Waals surface area contributed by atoms with Gasteiger partial charge in [0.2, 0.25) is 0 Å². The Morgan fingerprint density at radius 1 is 1.12 bits per heavy atom. The van der Waals surface area contributed by atoms with Crippen molar-refractivity contribution in [3.63, 3.8) is 0 Å². The Bertz CT molecular complexity index is 909. The maximum atomic E-state index is 11.5. The number of aromatic carboxylic acids is 1. The average molecular weight is 322 g/mol. The second-order valence-corrected chi connectivity index (χ2v) is 6.08. The molecule has 2 aromatic heterocycles. The van der Waals surface area contributed by atoms with Gasteiger partial charge in [-0.15, -0.1) is 0 Å². The molecule has 0 saturated carbocycles. The molecule has 3 aromatic rings. The predicted molar refractivity (Wildman–Crippen MR) is 92.4 cm³/mol. The zero-order chi connectivity index (χ0) is 16.7. The smallest absolute Gasteiger partial charge is 0.357 e. The fraction of sp³-hybridized carbons (Fsp3) is 0.278. The second kappa shape index (κ2) is 5.63. The Hall–Kier alpha value is -2.89. The molecule has 1 aliphatic heterocycles. The number of nitrogens with zero attached hydrogens (tertiary/aromatic N) is 4. The van der Waals surface area contributed by atoms with Crippen LogP contribution in [0, 0.1) is 0 Å². The van der Waals surface area contributed by atoms with Crippen molar-refractivity contribution in [2.24, 2.45) is 7.05 Å². The number of carbonyl (C=O) groups is 1. The molecule has 1 fully saturated rings. The standard InChI is InChI=1S/C18H18N4O2/c1-21-17-15(16(20-21)18(23)24)14(8-9-19-17)12-4-6-13(7-5-12)22-10-2-3-11-22/h4-9H,2-3,10-11H2,1H3,(H,23,24). The third-order valence-corrected chi connectivity index (χ3v) is 4.58. The average Bonchev–Trinajstić information content (AvgIpc) is 3.23. The summed E-state index contributed by atoms with van der Waals surface area (Å²) in [5, 5.41) is 14.1. The van der Waals surface area contributed by atoms with E-state index >= 15 is 0 Å². The van der Waals surface area contributed by atoms with E-state index in [0.29, 0.717) is 11.0 Å². The molecule has 0 unspecified atom stereocenters. The third kappa shape index (κ3) is 2.31. The van der Waals surface area contributed by atoms with Crippen LogP contribution in [-0.4, -0.2) is 38.9 Å². The van der Waals surface area contributed by atoms with E-state index in [0.717, 1.165) is 24.2 Å². The molecule has 0 radical (unpaired) electrons. The first kappa shape index (κ1) is 14.7. The molecule has 122 valence electrons. The van der Waals surface area contributed by atoms with Gasteiger partial charge >= 0.3 is 5.97 Å². The van der Waals surface area contributed by atoms with Gasteiger partial charge < -0.3 is 10.0 Å². The van der Waals surface area contributed by atoms with E-state index in [4.69, 9.17) is 0 Å². The molecule has 1 aromatic carbocycles. The number of aromatic nitrogens is 3. The summed E-state index contributed by atoms with van der Waals surface area (Å²) in [6, 6.07) is 10.1. The first-order valence-electron chi connectivity index (χ1n) is 8.05. The molecule has 1 aliphatic rings. The largest absolute Gasteiger partial charge is 0.476 e. The summed E-state index contributed by atoms with van der Waals surface area (Å²) >= 11 is 0. The summed E-state index contributed by atoms with van der Waals surface area (Å²) in [7, 11) is 1.71. The van der Waals surface area contributed by atoms with Crippen molar-refractivity contribution in [1.82, 2.24) is 14.8 Å². The normalized spacial score (nSPS) is 14.5. The van der Waals surface area contributed by atoms with Crippen LogP contribution in [0.5, 0.6) is 0 Å². The van der Waals surface area contributed by atoms with Gasteiger partial charge in [0, 0.05) is 32.0 Å². The Labute approximate surface area is 139 Å². The molecule has 0 spiro atoms. The minimum absolute atomic E-state index is 0.0409. The number of hydrogen-bond acceptors (Lipinski definition) is 4. The highest BCUT2D eigenvalue weighted by Gasteiger charge is 2.20. The minimum Gasteiger partial charge on any atom is -0.476 e. The van der Waals surface area contributed by atoms with E-state index in [1.165, 1.54) is 23.2 Å². The SMILES string of the molecule is Cn1nc(C(=O)O)c2c(-c3ccc(N4CCCC4)cc3)ccnc21. The quantitative estimate of drug-likeness (QED) is 0.803. The number of hydrogen-bond donors (Lipinski definition) is 1. The number of rotatable bonds is 3. The highest BCUT2D eigenvalue weighted by molar-refractivity contribution is 6.06. The number of benzene rings is 1. The van der Waals surface area contributed by atoms with Gasteiger partial charge in [0.25, 0.3) is 0 Å². The Balaban J connectivity index is 1.82. The third-order valence-electron chi connectivity index (χ3n) is 4.58. The van der Waals surface area contributed by atoms with Crippen molar-refractivity contribution >= 4 is 22.7 Å². The summed E-state index contributed by atoms with van der Waals surface area (Å²) in [6.45, 7) is 2.20. The van der Waals surface area contributed by atoms with Crippen LogP contribution in [-0.2, 0) is 7.05 Å². The lowest BCUT2D eigenvalue weighted by molar-refractivity contribution is 0.0691. The van der Waals surface area contributed by atoms with Crippen molar-refractivity contribution in [3.05, 3.63) is 42.2 Å².